The average molecular weight is 242 g/mol. The Morgan fingerprint density at radius 3 is 2.82 bits per heavy atom. The molecule has 17 heavy (non-hydrogen) atoms. The average Bonchev–Trinajstić information content (AvgIpc) is 2.38. The molecule has 1 aliphatic heterocycles. The highest BCUT2D eigenvalue weighted by atomic mass is 16.5. The normalized spacial score (nSPS) is 25.0. The number of hydrogen-bond acceptors (Lipinski definition) is 3. The molecular formula is C13H26N2O2. The minimum absolute atomic E-state index is 0.100. The van der Waals surface area contributed by atoms with Gasteiger partial charge in [0.25, 0.3) is 0 Å². The van der Waals surface area contributed by atoms with Crippen molar-refractivity contribution in [3.8, 4) is 0 Å². The predicted octanol–water partition coefficient (Wildman–Crippen LogP) is 1.39. The van der Waals surface area contributed by atoms with E-state index in [4.69, 9.17) is 10.5 Å². The Morgan fingerprint density at radius 2 is 2.24 bits per heavy atom. The van der Waals surface area contributed by atoms with Crippen molar-refractivity contribution in [3.05, 3.63) is 0 Å². The van der Waals surface area contributed by atoms with Gasteiger partial charge in [0.15, 0.2) is 0 Å². The fourth-order valence-electron chi connectivity index (χ4n) is 2.44. The molecular weight excluding hydrogens is 216 g/mol. The van der Waals surface area contributed by atoms with Gasteiger partial charge in [-0.25, -0.2) is 0 Å². The molecule has 0 aromatic heterocycles. The van der Waals surface area contributed by atoms with Gasteiger partial charge in [0.05, 0.1) is 0 Å². The largest absolute Gasteiger partial charge is 0.372 e. The maximum Gasteiger partial charge on any atom is 0.248 e. The molecule has 1 rings (SSSR count). The Balaban J connectivity index is 2.43. The van der Waals surface area contributed by atoms with Crippen LogP contribution < -0.4 is 5.73 Å². The van der Waals surface area contributed by atoms with Gasteiger partial charge in [-0.1, -0.05) is 20.3 Å². The SMILES string of the molecule is CCCOCC(=O)N1CCC(CC)CC1CN. The Bertz CT molecular complexity index is 233. The summed E-state index contributed by atoms with van der Waals surface area (Å²) in [6.45, 7) is 6.52. The molecule has 0 aliphatic carbocycles. The number of carbonyl (C=O) groups is 1. The molecule has 0 aromatic rings. The number of hydrogen-bond donors (Lipinski definition) is 1. The lowest BCUT2D eigenvalue weighted by atomic mass is 9.89. The van der Waals surface area contributed by atoms with Gasteiger partial charge >= 0.3 is 0 Å². The molecule has 1 heterocycles. The van der Waals surface area contributed by atoms with Crippen molar-refractivity contribution in [1.29, 1.82) is 0 Å². The van der Waals surface area contributed by atoms with Crippen molar-refractivity contribution >= 4 is 5.91 Å². The highest BCUT2D eigenvalue weighted by molar-refractivity contribution is 5.77. The molecule has 0 radical (unpaired) electrons. The summed E-state index contributed by atoms with van der Waals surface area (Å²) in [4.78, 5) is 13.9. The molecule has 2 N–H and O–H groups in total. The monoisotopic (exact) mass is 242 g/mol. The van der Waals surface area contributed by atoms with Crippen molar-refractivity contribution in [1.82, 2.24) is 4.90 Å². The summed E-state index contributed by atoms with van der Waals surface area (Å²) < 4.78 is 5.31. The number of amides is 1. The molecule has 2 atom stereocenters. The number of nitrogens with zero attached hydrogens (tertiary/aromatic N) is 1. The quantitative estimate of drug-likeness (QED) is 0.716. The van der Waals surface area contributed by atoms with Gasteiger partial charge in [-0.15, -0.1) is 0 Å². The summed E-state index contributed by atoms with van der Waals surface area (Å²) >= 11 is 0. The van der Waals surface area contributed by atoms with E-state index in [1.165, 1.54) is 6.42 Å². The third-order valence-corrected chi connectivity index (χ3v) is 3.57. The van der Waals surface area contributed by atoms with Crippen LogP contribution in [-0.4, -0.2) is 43.2 Å². The van der Waals surface area contributed by atoms with Crippen LogP contribution in [0.4, 0.5) is 0 Å². The lowest BCUT2D eigenvalue weighted by molar-refractivity contribution is -0.140. The van der Waals surface area contributed by atoms with Gasteiger partial charge < -0.3 is 15.4 Å². The first kappa shape index (κ1) is 14.5. The van der Waals surface area contributed by atoms with Crippen molar-refractivity contribution in [2.75, 3.05) is 26.3 Å². The maximum absolute atomic E-state index is 12.0. The summed E-state index contributed by atoms with van der Waals surface area (Å²) in [7, 11) is 0. The lowest BCUT2D eigenvalue weighted by Gasteiger charge is -2.38. The highest BCUT2D eigenvalue weighted by Crippen LogP contribution is 2.24. The second-order valence-electron chi connectivity index (χ2n) is 4.83. The second kappa shape index (κ2) is 7.67. The molecule has 1 fully saturated rings. The van der Waals surface area contributed by atoms with Crippen molar-refractivity contribution in [2.24, 2.45) is 11.7 Å². The summed E-state index contributed by atoms with van der Waals surface area (Å²) in [6.07, 6.45) is 4.29. The molecule has 1 saturated heterocycles. The van der Waals surface area contributed by atoms with Crippen LogP contribution in [-0.2, 0) is 9.53 Å². The van der Waals surface area contributed by atoms with E-state index in [0.717, 1.165) is 31.7 Å². The van der Waals surface area contributed by atoms with Crippen LogP contribution in [0.25, 0.3) is 0 Å². The van der Waals surface area contributed by atoms with Crippen LogP contribution in [0, 0.1) is 5.92 Å². The van der Waals surface area contributed by atoms with E-state index in [1.807, 2.05) is 11.8 Å². The van der Waals surface area contributed by atoms with Gasteiger partial charge in [0, 0.05) is 25.7 Å². The van der Waals surface area contributed by atoms with Gasteiger partial charge in [-0.05, 0) is 25.2 Å². The van der Waals surface area contributed by atoms with Gasteiger partial charge in [-0.3, -0.25) is 4.79 Å². The first-order valence-electron chi connectivity index (χ1n) is 6.80. The van der Waals surface area contributed by atoms with Crippen molar-refractivity contribution < 1.29 is 9.53 Å². The van der Waals surface area contributed by atoms with Crippen molar-refractivity contribution in [3.63, 3.8) is 0 Å². The fraction of sp³-hybridized carbons (Fsp3) is 0.923. The Hall–Kier alpha value is -0.610. The van der Waals surface area contributed by atoms with E-state index in [1.54, 1.807) is 0 Å². The number of nitrogens with two attached hydrogens (primary N) is 1. The standard InChI is InChI=1S/C13H26N2O2/c1-3-7-17-10-13(16)15-6-5-11(4-2)8-12(15)9-14/h11-12H,3-10,14H2,1-2H3. The van der Waals surface area contributed by atoms with Crippen LogP contribution in [0.5, 0.6) is 0 Å². The molecule has 4 nitrogen and oxygen atoms in total. The zero-order chi connectivity index (χ0) is 12.7. The molecule has 1 amide bonds. The zero-order valence-electron chi connectivity index (χ0n) is 11.2. The Kier molecular flexibility index (Phi) is 6.52. The van der Waals surface area contributed by atoms with E-state index >= 15 is 0 Å². The lowest BCUT2D eigenvalue weighted by Crippen LogP contribution is -2.50. The maximum atomic E-state index is 12.0. The number of ether oxygens (including phenoxy) is 1. The molecule has 4 heteroatoms. The third-order valence-electron chi connectivity index (χ3n) is 3.57. The predicted molar refractivity (Wildman–Crippen MR) is 68.7 cm³/mol. The van der Waals surface area contributed by atoms with Gasteiger partial charge in [0.1, 0.15) is 6.61 Å². The molecule has 100 valence electrons. The fourth-order valence-corrected chi connectivity index (χ4v) is 2.44. The Labute approximate surface area is 104 Å². The van der Waals surface area contributed by atoms with Crippen LogP contribution >= 0.6 is 0 Å². The molecule has 0 spiro atoms. The topological polar surface area (TPSA) is 55.6 Å². The van der Waals surface area contributed by atoms with Crippen molar-refractivity contribution in [2.45, 2.75) is 45.6 Å². The van der Waals surface area contributed by atoms with E-state index < -0.39 is 0 Å². The van der Waals surface area contributed by atoms with E-state index in [-0.39, 0.29) is 18.6 Å². The minimum Gasteiger partial charge on any atom is -0.372 e. The number of likely N-dealkylation sites (tertiary alicyclic amines) is 1. The van der Waals surface area contributed by atoms with Gasteiger partial charge in [-0.2, -0.15) is 0 Å². The minimum atomic E-state index is 0.100. The van der Waals surface area contributed by atoms with E-state index in [9.17, 15) is 4.79 Å². The van der Waals surface area contributed by atoms with Crippen LogP contribution in [0.15, 0.2) is 0 Å². The summed E-state index contributed by atoms with van der Waals surface area (Å²) in [5.74, 6) is 0.826. The van der Waals surface area contributed by atoms with E-state index in [2.05, 4.69) is 6.92 Å². The molecule has 0 bridgehead atoms. The zero-order valence-corrected chi connectivity index (χ0v) is 11.2. The molecule has 1 aliphatic rings. The summed E-state index contributed by atoms with van der Waals surface area (Å²) in [5, 5.41) is 0. The first-order chi connectivity index (χ1) is 8.22. The van der Waals surface area contributed by atoms with Gasteiger partial charge in [0.2, 0.25) is 5.91 Å². The molecule has 2 unspecified atom stereocenters. The molecule has 0 saturated carbocycles. The number of piperidine rings is 1. The van der Waals surface area contributed by atoms with Crippen LogP contribution in [0.1, 0.15) is 39.5 Å². The summed E-state index contributed by atoms with van der Waals surface area (Å²) in [6, 6.07) is 0.214. The van der Waals surface area contributed by atoms with Crippen LogP contribution in [0.3, 0.4) is 0 Å². The highest BCUT2D eigenvalue weighted by Gasteiger charge is 2.29. The summed E-state index contributed by atoms with van der Waals surface area (Å²) in [5.41, 5.74) is 5.77. The second-order valence-corrected chi connectivity index (χ2v) is 4.83. The van der Waals surface area contributed by atoms with Crippen LogP contribution in [0.2, 0.25) is 0 Å². The molecule has 0 aromatic carbocycles. The third kappa shape index (κ3) is 4.28. The number of rotatable bonds is 6. The number of carbonyl (C=O) groups excluding carboxylic acids is 1. The first-order valence-corrected chi connectivity index (χ1v) is 6.80. The smallest absolute Gasteiger partial charge is 0.248 e. The Morgan fingerprint density at radius 1 is 1.47 bits per heavy atom. The van der Waals surface area contributed by atoms with E-state index in [0.29, 0.717) is 13.2 Å².